The molecular weight excluding hydrogens is 204 g/mol. The molecule has 2 N–H and O–H groups in total. The van der Waals surface area contributed by atoms with E-state index in [-0.39, 0.29) is 4.90 Å². The molecule has 0 heterocycles. The van der Waals surface area contributed by atoms with E-state index in [1.807, 2.05) is 0 Å². The van der Waals surface area contributed by atoms with Crippen LogP contribution in [-0.2, 0) is 16.5 Å². The Kier molecular flexibility index (Phi) is 2.10. The van der Waals surface area contributed by atoms with Crippen molar-refractivity contribution in [3.05, 3.63) is 29.3 Å². The molecule has 2 rings (SSSR count). The van der Waals surface area contributed by atoms with Crippen molar-refractivity contribution in [1.82, 2.24) is 0 Å². The van der Waals surface area contributed by atoms with Crippen LogP contribution in [0.1, 0.15) is 23.7 Å². The van der Waals surface area contributed by atoms with Crippen molar-refractivity contribution in [3.63, 3.8) is 0 Å². The smallest absolute Gasteiger partial charge is 0.294 e. The summed E-state index contributed by atoms with van der Waals surface area (Å²) in [7, 11) is -4.16. The Bertz CT molecular complexity index is 464. The maximum Gasteiger partial charge on any atom is 0.294 e. The molecule has 1 aromatic carbocycles. The molecule has 0 fully saturated rings. The predicted molar refractivity (Wildman–Crippen MR) is 49.5 cm³/mol. The van der Waals surface area contributed by atoms with Gasteiger partial charge in [0.15, 0.2) is 0 Å². The van der Waals surface area contributed by atoms with E-state index in [1.165, 1.54) is 12.1 Å². The topological polar surface area (TPSA) is 74.6 Å². The first-order chi connectivity index (χ1) is 6.50. The third-order valence-corrected chi connectivity index (χ3v) is 3.41. The molecule has 0 saturated heterocycles. The first-order valence-electron chi connectivity index (χ1n) is 4.27. The largest absolute Gasteiger partial charge is 0.388 e. The molecule has 4 nitrogen and oxygen atoms in total. The maximum atomic E-state index is 11.0. The number of fused-ring (bicyclic) bond motifs is 1. The van der Waals surface area contributed by atoms with Gasteiger partial charge in [0, 0.05) is 0 Å². The molecule has 5 heteroatoms. The lowest BCUT2D eigenvalue weighted by Gasteiger charge is -2.06. The highest BCUT2D eigenvalue weighted by Crippen LogP contribution is 2.34. The lowest BCUT2D eigenvalue weighted by molar-refractivity contribution is 0.180. The van der Waals surface area contributed by atoms with Gasteiger partial charge < -0.3 is 5.11 Å². The summed E-state index contributed by atoms with van der Waals surface area (Å²) in [6.45, 7) is 0. The third-order valence-electron chi connectivity index (χ3n) is 2.47. The van der Waals surface area contributed by atoms with Gasteiger partial charge in [-0.2, -0.15) is 8.42 Å². The molecule has 1 aliphatic carbocycles. The molecule has 1 unspecified atom stereocenters. The van der Waals surface area contributed by atoms with E-state index in [4.69, 9.17) is 4.55 Å². The van der Waals surface area contributed by atoms with Gasteiger partial charge >= 0.3 is 0 Å². The molecule has 0 aromatic heterocycles. The second-order valence-electron chi connectivity index (χ2n) is 3.35. The minimum Gasteiger partial charge on any atom is -0.388 e. The molecule has 0 saturated carbocycles. The Labute approximate surface area is 81.9 Å². The Morgan fingerprint density at radius 3 is 2.71 bits per heavy atom. The third kappa shape index (κ3) is 1.43. The minimum atomic E-state index is -4.16. The van der Waals surface area contributed by atoms with Gasteiger partial charge in [-0.1, -0.05) is 12.1 Å². The molecular formula is C9H10O4S. The zero-order valence-corrected chi connectivity index (χ0v) is 8.16. The summed E-state index contributed by atoms with van der Waals surface area (Å²) in [5, 5.41) is 9.50. The van der Waals surface area contributed by atoms with Crippen molar-refractivity contribution in [2.24, 2.45) is 0 Å². The van der Waals surface area contributed by atoms with Gasteiger partial charge in [-0.05, 0) is 30.0 Å². The van der Waals surface area contributed by atoms with E-state index in [0.29, 0.717) is 24.0 Å². The fraction of sp³-hybridized carbons (Fsp3) is 0.333. The van der Waals surface area contributed by atoms with Crippen molar-refractivity contribution >= 4 is 10.1 Å². The normalized spacial score (nSPS) is 20.9. The first kappa shape index (κ1) is 9.64. The van der Waals surface area contributed by atoms with Gasteiger partial charge in [0.05, 0.1) is 11.0 Å². The van der Waals surface area contributed by atoms with Crippen LogP contribution in [0.3, 0.4) is 0 Å². The van der Waals surface area contributed by atoms with Crippen LogP contribution in [0.2, 0.25) is 0 Å². The van der Waals surface area contributed by atoms with E-state index in [0.717, 1.165) is 0 Å². The number of aliphatic hydroxyl groups excluding tert-OH is 1. The van der Waals surface area contributed by atoms with E-state index >= 15 is 0 Å². The van der Waals surface area contributed by atoms with Crippen molar-refractivity contribution < 1.29 is 18.1 Å². The van der Waals surface area contributed by atoms with Gasteiger partial charge in [-0.3, -0.25) is 4.55 Å². The lowest BCUT2D eigenvalue weighted by atomic mass is 10.1. The zero-order valence-electron chi connectivity index (χ0n) is 7.34. The second-order valence-corrected chi connectivity index (χ2v) is 4.74. The van der Waals surface area contributed by atoms with Crippen LogP contribution in [0.5, 0.6) is 0 Å². The van der Waals surface area contributed by atoms with Crippen LogP contribution in [-0.4, -0.2) is 18.1 Å². The summed E-state index contributed by atoms with van der Waals surface area (Å²) in [4.78, 5) is -0.0773. The van der Waals surface area contributed by atoms with Crippen molar-refractivity contribution in [1.29, 1.82) is 0 Å². The highest BCUT2D eigenvalue weighted by Gasteiger charge is 2.26. The standard InChI is InChI=1S/C9H10O4S/c10-8-5-4-7-6(8)2-1-3-9(7)14(11,12)13/h1-3,8,10H,4-5H2,(H,11,12,13). The molecule has 0 spiro atoms. The maximum absolute atomic E-state index is 11.0. The van der Waals surface area contributed by atoms with Gasteiger partial charge in [-0.15, -0.1) is 0 Å². The average molecular weight is 214 g/mol. The Balaban J connectivity index is 2.67. The van der Waals surface area contributed by atoms with Gasteiger partial charge in [-0.25, -0.2) is 0 Å². The van der Waals surface area contributed by atoms with Gasteiger partial charge in [0.1, 0.15) is 0 Å². The zero-order chi connectivity index (χ0) is 10.3. The summed E-state index contributed by atoms with van der Waals surface area (Å²) in [5.41, 5.74) is 1.16. The van der Waals surface area contributed by atoms with Crippen molar-refractivity contribution in [2.45, 2.75) is 23.8 Å². The lowest BCUT2D eigenvalue weighted by Crippen LogP contribution is -2.02. The monoisotopic (exact) mass is 214 g/mol. The molecule has 76 valence electrons. The molecule has 0 radical (unpaired) electrons. The molecule has 1 atom stereocenters. The van der Waals surface area contributed by atoms with E-state index in [1.54, 1.807) is 6.07 Å². The van der Waals surface area contributed by atoms with Crippen molar-refractivity contribution in [2.75, 3.05) is 0 Å². The fourth-order valence-corrected chi connectivity index (χ4v) is 2.62. The molecule has 0 bridgehead atoms. The Morgan fingerprint density at radius 1 is 1.36 bits per heavy atom. The Morgan fingerprint density at radius 2 is 2.07 bits per heavy atom. The van der Waals surface area contributed by atoms with E-state index < -0.39 is 16.2 Å². The number of benzene rings is 1. The summed E-state index contributed by atoms with van der Waals surface area (Å²) < 4.78 is 30.9. The van der Waals surface area contributed by atoms with Crippen LogP contribution >= 0.6 is 0 Å². The average Bonchev–Trinajstić information content (AvgIpc) is 2.46. The quantitative estimate of drug-likeness (QED) is 0.681. The van der Waals surface area contributed by atoms with Crippen molar-refractivity contribution in [3.8, 4) is 0 Å². The van der Waals surface area contributed by atoms with Crippen LogP contribution in [0.25, 0.3) is 0 Å². The highest BCUT2D eigenvalue weighted by molar-refractivity contribution is 7.85. The van der Waals surface area contributed by atoms with Crippen LogP contribution < -0.4 is 0 Å². The number of hydrogen-bond donors (Lipinski definition) is 2. The van der Waals surface area contributed by atoms with E-state index in [2.05, 4.69) is 0 Å². The summed E-state index contributed by atoms with van der Waals surface area (Å²) in [6.07, 6.45) is 0.403. The molecule has 0 aliphatic heterocycles. The molecule has 1 aromatic rings. The Hall–Kier alpha value is -0.910. The number of rotatable bonds is 1. The summed E-state index contributed by atoms with van der Waals surface area (Å²) in [5.74, 6) is 0. The van der Waals surface area contributed by atoms with Crippen LogP contribution in [0.4, 0.5) is 0 Å². The van der Waals surface area contributed by atoms with Gasteiger partial charge in [0.25, 0.3) is 10.1 Å². The van der Waals surface area contributed by atoms with Crippen LogP contribution in [0.15, 0.2) is 23.1 Å². The minimum absolute atomic E-state index is 0.0773. The SMILES string of the molecule is O=S(=O)(O)c1cccc2c1CCC2O. The highest BCUT2D eigenvalue weighted by atomic mass is 32.2. The first-order valence-corrected chi connectivity index (χ1v) is 5.71. The summed E-state index contributed by atoms with van der Waals surface area (Å²) in [6, 6.07) is 4.56. The summed E-state index contributed by atoms with van der Waals surface area (Å²) >= 11 is 0. The van der Waals surface area contributed by atoms with Gasteiger partial charge in [0.2, 0.25) is 0 Å². The number of hydrogen-bond acceptors (Lipinski definition) is 3. The molecule has 0 amide bonds. The molecule has 1 aliphatic rings. The second kappa shape index (κ2) is 3.05. The molecule has 14 heavy (non-hydrogen) atoms. The van der Waals surface area contributed by atoms with Crippen LogP contribution in [0, 0.1) is 0 Å². The predicted octanol–water partition coefficient (Wildman–Crippen LogP) is 0.913. The fourth-order valence-electron chi connectivity index (χ4n) is 1.84. The van der Waals surface area contributed by atoms with E-state index in [9.17, 15) is 13.5 Å². The number of aliphatic hydroxyl groups is 1.